The highest BCUT2D eigenvalue weighted by Crippen LogP contribution is 2.33. The van der Waals surface area contributed by atoms with Gasteiger partial charge in [-0.25, -0.2) is 24.0 Å². The summed E-state index contributed by atoms with van der Waals surface area (Å²) < 4.78 is 4.81. The van der Waals surface area contributed by atoms with Crippen LogP contribution in [0, 0.1) is 64.4 Å². The van der Waals surface area contributed by atoms with E-state index in [1.54, 1.807) is 13.8 Å². The van der Waals surface area contributed by atoms with E-state index < -0.39 is 24.6 Å². The second-order valence-electron chi connectivity index (χ2n) is 11.5. The average Bonchev–Trinajstić information content (AvgIpc) is 3.28. The second kappa shape index (κ2) is 28.4. The number of halogens is 3. The summed E-state index contributed by atoms with van der Waals surface area (Å²) in [6, 6.07) is 17.7. The number of aryl methyl sites for hydroxylation is 2. The Morgan fingerprint density at radius 2 is 0.866 bits per heavy atom. The highest BCUT2D eigenvalue weighted by atomic mass is 35.5. The number of nitro benzene ring substituents is 5. The SMILES string of the molecule is COc1cc([N+](=O)[O-])ccc1N=C=O.Cc1cc(N=C=O)c([N+](=O)[O-])cc1C.O=C=Nc1cc([N+](=O)[O-])ccc1Cl.O=C=Nc1ccc(Cl)c([N+](=O)[O-])c1.O=C=Nc1ccc([N+](=O)[O-])cc1Cl. The average molecular weight is 982 g/mol. The van der Waals surface area contributed by atoms with E-state index >= 15 is 0 Å². The zero-order valence-corrected chi connectivity index (χ0v) is 36.0. The van der Waals surface area contributed by atoms with Gasteiger partial charge in [0.15, 0.2) is 11.4 Å². The molecule has 0 unspecified atom stereocenters. The molecule has 0 radical (unpaired) electrons. The molecule has 0 saturated carbocycles. The van der Waals surface area contributed by atoms with Crippen molar-refractivity contribution in [2.24, 2.45) is 25.0 Å². The normalized spacial score (nSPS) is 9.04. The largest absolute Gasteiger partial charge is 0.494 e. The summed E-state index contributed by atoms with van der Waals surface area (Å²) in [5, 5.41) is 52.1. The van der Waals surface area contributed by atoms with Crippen molar-refractivity contribution in [1.82, 2.24) is 0 Å². The lowest BCUT2D eigenvalue weighted by atomic mass is 10.1. The van der Waals surface area contributed by atoms with Crippen LogP contribution in [-0.4, -0.2) is 62.1 Å². The fourth-order valence-electron chi connectivity index (χ4n) is 4.25. The zero-order chi connectivity index (χ0) is 50.8. The monoisotopic (exact) mass is 980 g/mol. The highest BCUT2D eigenvalue weighted by molar-refractivity contribution is 6.33. The number of ether oxygens (including phenoxy) is 1. The smallest absolute Gasteiger partial charge is 0.296 e. The standard InChI is InChI=1S/C9H8N2O3.C8H6N2O4.3C7H3ClN2O3/c1-6-3-8(10-5-12)9(11(13)14)4-7(6)2;1-14-8-4-6(10(12)13)2-3-7(8)9-5-11;8-6-3-5(10(12)13)1-2-7(6)9-4-11;8-6-2-1-5(10(12)13)3-7(6)9-4-11;8-6-2-1-5(9-4-11)3-7(6)10(12)13/h3-4H,1-2H3;2-4H,1H3;3*1-3H. The molecule has 0 fully saturated rings. The molecule has 0 amide bonds. The maximum atomic E-state index is 10.6. The molecule has 0 atom stereocenters. The number of carbonyl (C=O) groups excluding carboxylic acids is 5. The number of rotatable bonds is 11. The fourth-order valence-corrected chi connectivity index (χ4v) is 4.82. The van der Waals surface area contributed by atoms with Gasteiger partial charge in [-0.05, 0) is 61.4 Å². The van der Waals surface area contributed by atoms with Crippen molar-refractivity contribution < 1.29 is 53.3 Å². The molecule has 342 valence electrons. The van der Waals surface area contributed by atoms with Gasteiger partial charge in [0.25, 0.3) is 28.4 Å². The Kier molecular flexibility index (Phi) is 23.6. The van der Waals surface area contributed by atoms with Crippen LogP contribution in [0.15, 0.2) is 110 Å². The van der Waals surface area contributed by atoms with Crippen LogP contribution in [0.3, 0.4) is 0 Å². The maximum absolute atomic E-state index is 10.6. The van der Waals surface area contributed by atoms with Crippen molar-refractivity contribution in [3.8, 4) is 5.75 Å². The first-order chi connectivity index (χ1) is 31.7. The molecular formula is C38H23Cl3N10O16. The van der Waals surface area contributed by atoms with Crippen molar-refractivity contribution in [1.29, 1.82) is 0 Å². The van der Waals surface area contributed by atoms with E-state index in [1.165, 1.54) is 104 Å². The summed E-state index contributed by atoms with van der Waals surface area (Å²) in [7, 11) is 1.34. The van der Waals surface area contributed by atoms with Crippen LogP contribution in [0.2, 0.25) is 15.1 Å². The van der Waals surface area contributed by atoms with Gasteiger partial charge >= 0.3 is 0 Å². The molecule has 0 saturated heterocycles. The third-order valence-electron chi connectivity index (χ3n) is 7.41. The summed E-state index contributed by atoms with van der Waals surface area (Å²) in [5.74, 6) is 0.169. The van der Waals surface area contributed by atoms with Crippen molar-refractivity contribution >= 4 is 122 Å². The maximum Gasteiger partial charge on any atom is 0.296 e. The summed E-state index contributed by atoms with van der Waals surface area (Å²) in [4.78, 5) is 115. The zero-order valence-electron chi connectivity index (χ0n) is 33.7. The van der Waals surface area contributed by atoms with Crippen LogP contribution in [0.1, 0.15) is 11.1 Å². The molecule has 26 nitrogen and oxygen atoms in total. The van der Waals surface area contributed by atoms with Crippen LogP contribution in [0.4, 0.5) is 56.9 Å². The number of hydrogen-bond donors (Lipinski definition) is 0. The summed E-state index contributed by atoms with van der Waals surface area (Å²) in [5.41, 5.74) is 1.40. The summed E-state index contributed by atoms with van der Waals surface area (Å²) in [6.45, 7) is 3.56. The van der Waals surface area contributed by atoms with Crippen molar-refractivity contribution in [2.45, 2.75) is 13.8 Å². The molecule has 0 aliphatic carbocycles. The van der Waals surface area contributed by atoms with Crippen LogP contribution in [-0.2, 0) is 24.0 Å². The summed E-state index contributed by atoms with van der Waals surface area (Å²) >= 11 is 16.7. The van der Waals surface area contributed by atoms with Gasteiger partial charge < -0.3 is 4.74 Å². The molecule has 0 bridgehead atoms. The van der Waals surface area contributed by atoms with E-state index in [4.69, 9.17) is 39.5 Å². The van der Waals surface area contributed by atoms with E-state index in [9.17, 15) is 74.5 Å². The Hall–Kier alpha value is -9.33. The summed E-state index contributed by atoms with van der Waals surface area (Å²) in [6.07, 6.45) is 6.46. The topological polar surface area (TPSA) is 372 Å². The number of non-ortho nitro benzene ring substituents is 3. The minimum atomic E-state index is -0.647. The first kappa shape index (κ1) is 55.7. The van der Waals surface area contributed by atoms with Crippen LogP contribution in [0.25, 0.3) is 0 Å². The van der Waals surface area contributed by atoms with Crippen LogP contribution < -0.4 is 4.74 Å². The molecule has 0 spiro atoms. The van der Waals surface area contributed by atoms with Crippen LogP contribution in [0.5, 0.6) is 5.75 Å². The predicted molar refractivity (Wildman–Crippen MR) is 235 cm³/mol. The minimum Gasteiger partial charge on any atom is -0.494 e. The molecule has 5 aromatic rings. The number of hydrogen-bond acceptors (Lipinski definition) is 21. The third kappa shape index (κ3) is 18.5. The molecule has 0 N–H and O–H groups in total. The van der Waals surface area contributed by atoms with Gasteiger partial charge in [0, 0.05) is 42.5 Å². The van der Waals surface area contributed by atoms with Crippen LogP contribution >= 0.6 is 34.8 Å². The molecule has 67 heavy (non-hydrogen) atoms. The Balaban J connectivity index is 0.000000419. The minimum absolute atomic E-state index is 0.00912. The van der Waals surface area contributed by atoms with Gasteiger partial charge in [0.05, 0.1) is 59.2 Å². The number of methoxy groups -OCH3 is 1. The second-order valence-corrected chi connectivity index (χ2v) is 12.7. The molecule has 0 heterocycles. The molecule has 0 aromatic heterocycles. The lowest BCUT2D eigenvalue weighted by Crippen LogP contribution is -1.91. The Morgan fingerprint density at radius 3 is 1.36 bits per heavy atom. The van der Waals surface area contributed by atoms with Gasteiger partial charge in [0.1, 0.15) is 16.4 Å². The van der Waals surface area contributed by atoms with E-state index in [2.05, 4.69) is 25.0 Å². The number of aliphatic imine (C=N–C) groups is 5. The van der Waals surface area contributed by atoms with E-state index in [0.717, 1.165) is 29.3 Å². The van der Waals surface area contributed by atoms with Crippen molar-refractivity contribution in [2.75, 3.05) is 7.11 Å². The molecule has 0 aliphatic rings. The van der Waals surface area contributed by atoms with E-state index in [1.807, 2.05) is 0 Å². The lowest BCUT2D eigenvalue weighted by molar-refractivity contribution is -0.385. The van der Waals surface area contributed by atoms with Gasteiger partial charge in [-0.3, -0.25) is 50.6 Å². The van der Waals surface area contributed by atoms with Gasteiger partial charge in [-0.2, -0.15) is 25.0 Å². The quantitative estimate of drug-likeness (QED) is 0.0513. The Labute approximate surface area is 387 Å². The molecule has 5 aromatic carbocycles. The van der Waals surface area contributed by atoms with E-state index in [0.29, 0.717) is 0 Å². The Bertz CT molecular complexity index is 2880. The molecule has 5 rings (SSSR count). The van der Waals surface area contributed by atoms with Gasteiger partial charge in [-0.15, -0.1) is 0 Å². The Morgan fingerprint density at radius 1 is 0.433 bits per heavy atom. The molecule has 0 aliphatic heterocycles. The first-order valence-electron chi connectivity index (χ1n) is 17.0. The predicted octanol–water partition coefficient (Wildman–Crippen LogP) is 10.4. The van der Waals surface area contributed by atoms with Gasteiger partial charge in [0.2, 0.25) is 30.4 Å². The lowest BCUT2D eigenvalue weighted by Gasteiger charge is -2.01. The number of isocyanates is 5. The molecule has 29 heteroatoms. The van der Waals surface area contributed by atoms with E-state index in [-0.39, 0.29) is 77.7 Å². The number of nitrogens with zero attached hydrogens (tertiary/aromatic N) is 10. The molecular weight excluding hydrogens is 959 g/mol. The number of benzene rings is 5. The highest BCUT2D eigenvalue weighted by Gasteiger charge is 2.16. The first-order valence-corrected chi connectivity index (χ1v) is 18.1. The van der Waals surface area contributed by atoms with Gasteiger partial charge in [-0.1, -0.05) is 34.8 Å². The third-order valence-corrected chi connectivity index (χ3v) is 8.35. The van der Waals surface area contributed by atoms with Crippen molar-refractivity contribution in [3.05, 3.63) is 162 Å². The fraction of sp³-hybridized carbons (Fsp3) is 0.0789. The number of nitro groups is 5. The van der Waals surface area contributed by atoms with Crippen molar-refractivity contribution in [3.63, 3.8) is 0 Å².